The molecule has 3 nitrogen and oxygen atoms in total. The monoisotopic (exact) mass is 310 g/mol. The summed E-state index contributed by atoms with van der Waals surface area (Å²) in [5, 5.41) is 0. The fourth-order valence-electron chi connectivity index (χ4n) is 3.35. The van der Waals surface area contributed by atoms with Gasteiger partial charge in [0.1, 0.15) is 6.61 Å². The highest BCUT2D eigenvalue weighted by Gasteiger charge is 2.49. The van der Waals surface area contributed by atoms with Gasteiger partial charge in [-0.05, 0) is 18.4 Å². The molecule has 0 aliphatic heterocycles. The molecule has 1 fully saturated rings. The zero-order valence-electron chi connectivity index (χ0n) is 13.3. The fraction of sp³-hybridized carbons (Fsp3) is 0.450. The summed E-state index contributed by atoms with van der Waals surface area (Å²) in [5.74, 6) is 4.41. The third-order valence-electron chi connectivity index (χ3n) is 4.36. The number of hydrogen-bond donors (Lipinski definition) is 0. The van der Waals surface area contributed by atoms with Crippen molar-refractivity contribution in [1.82, 2.24) is 0 Å². The van der Waals surface area contributed by atoms with Crippen LogP contribution in [0.3, 0.4) is 0 Å². The first-order chi connectivity index (χ1) is 11.3. The van der Waals surface area contributed by atoms with E-state index in [0.29, 0.717) is 0 Å². The molecule has 0 N–H and O–H groups in total. The molecular weight excluding hydrogens is 288 g/mol. The van der Waals surface area contributed by atoms with Crippen molar-refractivity contribution in [3.05, 3.63) is 35.9 Å². The highest BCUT2D eigenvalue weighted by atomic mass is 16.6. The van der Waals surface area contributed by atoms with E-state index in [9.17, 15) is 4.79 Å². The second-order valence-electron chi connectivity index (χ2n) is 5.71. The van der Waals surface area contributed by atoms with Crippen molar-refractivity contribution in [3.63, 3.8) is 0 Å². The van der Waals surface area contributed by atoms with Crippen LogP contribution in [0.4, 0.5) is 0 Å². The molecule has 1 saturated carbocycles. The van der Waals surface area contributed by atoms with Crippen molar-refractivity contribution in [2.24, 2.45) is 5.92 Å². The zero-order chi connectivity index (χ0) is 16.5. The smallest absolute Gasteiger partial charge is 0.344 e. The minimum absolute atomic E-state index is 0.0391. The Morgan fingerprint density at radius 3 is 2.35 bits per heavy atom. The molecule has 0 amide bonds. The van der Waals surface area contributed by atoms with E-state index in [1.54, 1.807) is 0 Å². The van der Waals surface area contributed by atoms with E-state index in [1.165, 1.54) is 6.42 Å². The lowest BCUT2D eigenvalue weighted by atomic mass is 9.73. The second-order valence-corrected chi connectivity index (χ2v) is 5.71. The Kier molecular flexibility index (Phi) is 6.27. The van der Waals surface area contributed by atoms with Crippen LogP contribution in [0, 0.1) is 30.6 Å². The summed E-state index contributed by atoms with van der Waals surface area (Å²) in [4.78, 5) is 12.9. The van der Waals surface area contributed by atoms with Gasteiger partial charge in [0.15, 0.2) is 12.2 Å². The lowest BCUT2D eigenvalue weighted by Gasteiger charge is -2.40. The van der Waals surface area contributed by atoms with Gasteiger partial charge in [0.25, 0.3) is 0 Å². The van der Waals surface area contributed by atoms with E-state index in [4.69, 9.17) is 22.3 Å². The van der Waals surface area contributed by atoms with Crippen LogP contribution in [-0.4, -0.2) is 19.2 Å². The van der Waals surface area contributed by atoms with Crippen molar-refractivity contribution in [2.45, 2.75) is 37.7 Å². The van der Waals surface area contributed by atoms with Gasteiger partial charge in [0, 0.05) is 5.92 Å². The van der Waals surface area contributed by atoms with E-state index in [1.807, 2.05) is 30.3 Å². The normalized spacial score (nSPS) is 17.5. The summed E-state index contributed by atoms with van der Waals surface area (Å²) in [6, 6.07) is 9.47. The maximum Gasteiger partial charge on any atom is 0.344 e. The Morgan fingerprint density at radius 1 is 1.09 bits per heavy atom. The zero-order valence-corrected chi connectivity index (χ0v) is 13.3. The van der Waals surface area contributed by atoms with Crippen LogP contribution in [0.2, 0.25) is 0 Å². The molecule has 3 heteroatoms. The largest absolute Gasteiger partial charge is 0.450 e. The van der Waals surface area contributed by atoms with E-state index < -0.39 is 11.6 Å². The molecular formula is C20H22O3. The van der Waals surface area contributed by atoms with Gasteiger partial charge in [-0.1, -0.05) is 61.4 Å². The van der Waals surface area contributed by atoms with Crippen LogP contribution >= 0.6 is 0 Å². The predicted octanol–water partition coefficient (Wildman–Crippen LogP) is 3.29. The van der Waals surface area contributed by atoms with Gasteiger partial charge >= 0.3 is 5.97 Å². The summed E-state index contributed by atoms with van der Waals surface area (Å²) in [7, 11) is 0. The average Bonchev–Trinajstić information content (AvgIpc) is 2.62. The highest BCUT2D eigenvalue weighted by Crippen LogP contribution is 2.43. The molecule has 1 aromatic rings. The molecule has 0 radical (unpaired) electrons. The molecule has 0 aromatic heterocycles. The molecule has 1 aromatic carbocycles. The summed E-state index contributed by atoms with van der Waals surface area (Å²) in [6.07, 6.45) is 15.8. The number of carbonyl (C=O) groups is 1. The van der Waals surface area contributed by atoms with Crippen molar-refractivity contribution < 1.29 is 14.3 Å². The summed E-state index contributed by atoms with van der Waals surface area (Å²) in [6.45, 7) is -0.0178. The summed E-state index contributed by atoms with van der Waals surface area (Å²) >= 11 is 0. The minimum atomic E-state index is -1.18. The van der Waals surface area contributed by atoms with Gasteiger partial charge < -0.3 is 9.47 Å². The van der Waals surface area contributed by atoms with E-state index >= 15 is 0 Å². The molecule has 1 atom stereocenters. The molecule has 1 aliphatic rings. The third-order valence-corrected chi connectivity index (χ3v) is 4.36. The fourth-order valence-corrected chi connectivity index (χ4v) is 3.35. The average molecular weight is 310 g/mol. The summed E-state index contributed by atoms with van der Waals surface area (Å²) < 4.78 is 11.3. The Hall–Kier alpha value is -2.23. The van der Waals surface area contributed by atoms with Gasteiger partial charge in [-0.25, -0.2) is 4.79 Å². The van der Waals surface area contributed by atoms with Gasteiger partial charge in [-0.15, -0.1) is 12.8 Å². The standard InChI is InChI=1S/C20H22O3/c1-3-15-22-19(21)20(23-16-4-2,17-11-7-5-8-12-17)18-13-9-6-10-14-18/h1-2,5,7-8,11-12,18H,6,9-10,13-16H2. The van der Waals surface area contributed by atoms with Crippen molar-refractivity contribution in [2.75, 3.05) is 13.2 Å². The molecule has 2 rings (SSSR count). The first-order valence-electron chi connectivity index (χ1n) is 7.99. The Labute approximate surface area is 138 Å². The van der Waals surface area contributed by atoms with Gasteiger partial charge in [0.2, 0.25) is 0 Å². The highest BCUT2D eigenvalue weighted by molar-refractivity contribution is 5.82. The number of benzene rings is 1. The lowest BCUT2D eigenvalue weighted by Crippen LogP contribution is -2.47. The molecule has 0 spiro atoms. The molecule has 0 heterocycles. The molecule has 120 valence electrons. The molecule has 1 aliphatic carbocycles. The van der Waals surface area contributed by atoms with Crippen LogP contribution in [0.5, 0.6) is 0 Å². The third kappa shape index (κ3) is 3.76. The van der Waals surface area contributed by atoms with Crippen LogP contribution < -0.4 is 0 Å². The maximum absolute atomic E-state index is 12.9. The number of carbonyl (C=O) groups excluding carboxylic acids is 1. The molecule has 0 saturated heterocycles. The number of ether oxygens (including phenoxy) is 2. The van der Waals surface area contributed by atoms with E-state index in [0.717, 1.165) is 31.2 Å². The van der Waals surface area contributed by atoms with Gasteiger partial charge in [-0.2, -0.15) is 0 Å². The van der Waals surface area contributed by atoms with Crippen molar-refractivity contribution in [1.29, 1.82) is 0 Å². The van der Waals surface area contributed by atoms with Crippen molar-refractivity contribution >= 4 is 5.97 Å². The quantitative estimate of drug-likeness (QED) is 0.597. The van der Waals surface area contributed by atoms with Crippen molar-refractivity contribution in [3.8, 4) is 24.7 Å². The van der Waals surface area contributed by atoms with Crippen LogP contribution in [0.15, 0.2) is 30.3 Å². The topological polar surface area (TPSA) is 35.5 Å². The van der Waals surface area contributed by atoms with Gasteiger partial charge in [-0.3, -0.25) is 0 Å². The molecule has 1 unspecified atom stereocenters. The Morgan fingerprint density at radius 2 is 1.74 bits per heavy atom. The first-order valence-corrected chi connectivity index (χ1v) is 7.99. The van der Waals surface area contributed by atoms with Crippen LogP contribution in [0.25, 0.3) is 0 Å². The van der Waals surface area contributed by atoms with E-state index in [-0.39, 0.29) is 19.1 Å². The Bertz CT molecular complexity index is 588. The number of terminal acetylenes is 2. The summed E-state index contributed by atoms with van der Waals surface area (Å²) in [5.41, 5.74) is -0.394. The van der Waals surface area contributed by atoms with Crippen LogP contribution in [0.1, 0.15) is 37.7 Å². The van der Waals surface area contributed by atoms with Gasteiger partial charge in [0.05, 0.1) is 0 Å². The molecule has 23 heavy (non-hydrogen) atoms. The van der Waals surface area contributed by atoms with E-state index in [2.05, 4.69) is 11.8 Å². The Balaban J connectivity index is 2.46. The predicted molar refractivity (Wildman–Crippen MR) is 89.3 cm³/mol. The first kappa shape index (κ1) is 17.1. The minimum Gasteiger partial charge on any atom is -0.450 e. The lowest BCUT2D eigenvalue weighted by molar-refractivity contribution is -0.182. The number of hydrogen-bond acceptors (Lipinski definition) is 3. The van der Waals surface area contributed by atoms with Crippen LogP contribution in [-0.2, 0) is 19.9 Å². The second kappa shape index (κ2) is 8.42. The molecule has 0 bridgehead atoms. The SMILES string of the molecule is C#CCOC(=O)C(OCC#C)(c1ccccc1)C1CCCCC1. The number of rotatable bonds is 6. The number of esters is 1. The maximum atomic E-state index is 12.9.